The third kappa shape index (κ3) is 3.82. The third-order valence-electron chi connectivity index (χ3n) is 3.31. The fourth-order valence-electron chi connectivity index (χ4n) is 2.10. The molecule has 0 aliphatic carbocycles. The van der Waals surface area contributed by atoms with Crippen molar-refractivity contribution in [3.05, 3.63) is 18.0 Å². The first-order valence-electron chi connectivity index (χ1n) is 6.47. The van der Waals surface area contributed by atoms with E-state index >= 15 is 0 Å². The van der Waals surface area contributed by atoms with Crippen LogP contribution in [0.1, 0.15) is 12.6 Å². The van der Waals surface area contributed by atoms with Crippen LogP contribution in [0, 0.1) is 0 Å². The van der Waals surface area contributed by atoms with E-state index in [4.69, 9.17) is 0 Å². The maximum atomic E-state index is 11.8. The topological polar surface area (TPSA) is 64.3 Å². The van der Waals surface area contributed by atoms with Gasteiger partial charge in [-0.05, 0) is 12.6 Å². The molecule has 0 radical (unpaired) electrons. The SMILES string of the molecule is CCN1CCN(CC(=O)NCc2ccn[nH]2)CC1. The van der Waals surface area contributed by atoms with Gasteiger partial charge in [-0.2, -0.15) is 5.10 Å². The van der Waals surface area contributed by atoms with Gasteiger partial charge in [0.05, 0.1) is 18.8 Å². The molecule has 2 N–H and O–H groups in total. The van der Waals surface area contributed by atoms with Crippen molar-refractivity contribution in [1.29, 1.82) is 0 Å². The number of H-pyrrole nitrogens is 1. The second-order valence-electron chi connectivity index (χ2n) is 4.57. The van der Waals surface area contributed by atoms with Crippen LogP contribution in [0.25, 0.3) is 0 Å². The van der Waals surface area contributed by atoms with Crippen molar-refractivity contribution in [1.82, 2.24) is 25.3 Å². The van der Waals surface area contributed by atoms with E-state index in [1.165, 1.54) is 0 Å². The zero-order chi connectivity index (χ0) is 12.8. The summed E-state index contributed by atoms with van der Waals surface area (Å²) in [6, 6.07) is 1.86. The summed E-state index contributed by atoms with van der Waals surface area (Å²) in [5, 5.41) is 9.56. The van der Waals surface area contributed by atoms with Gasteiger partial charge in [-0.3, -0.25) is 14.8 Å². The molecular weight excluding hydrogens is 230 g/mol. The Labute approximate surface area is 107 Å². The molecule has 100 valence electrons. The number of amides is 1. The van der Waals surface area contributed by atoms with Crippen LogP contribution in [0.4, 0.5) is 0 Å². The van der Waals surface area contributed by atoms with Crippen LogP contribution in [0.5, 0.6) is 0 Å². The Bertz CT molecular complexity index is 357. The first-order chi connectivity index (χ1) is 8.78. The first kappa shape index (κ1) is 13.0. The van der Waals surface area contributed by atoms with Crippen LogP contribution in [0.15, 0.2) is 12.3 Å². The second-order valence-corrected chi connectivity index (χ2v) is 4.57. The lowest BCUT2D eigenvalue weighted by atomic mass is 10.3. The summed E-state index contributed by atoms with van der Waals surface area (Å²) >= 11 is 0. The summed E-state index contributed by atoms with van der Waals surface area (Å²) in [7, 11) is 0. The fraction of sp³-hybridized carbons (Fsp3) is 0.667. The van der Waals surface area contributed by atoms with Gasteiger partial charge in [0.25, 0.3) is 0 Å². The highest BCUT2D eigenvalue weighted by molar-refractivity contribution is 5.77. The molecule has 2 rings (SSSR count). The van der Waals surface area contributed by atoms with Gasteiger partial charge in [0.1, 0.15) is 0 Å². The highest BCUT2D eigenvalue weighted by Crippen LogP contribution is 2.00. The minimum atomic E-state index is 0.0783. The lowest BCUT2D eigenvalue weighted by Crippen LogP contribution is -2.49. The maximum absolute atomic E-state index is 11.8. The number of aromatic nitrogens is 2. The Hall–Kier alpha value is -1.40. The molecule has 1 aromatic rings. The van der Waals surface area contributed by atoms with Crippen LogP contribution in [0.3, 0.4) is 0 Å². The average Bonchev–Trinajstić information content (AvgIpc) is 2.90. The molecule has 0 atom stereocenters. The summed E-state index contributed by atoms with van der Waals surface area (Å²) in [4.78, 5) is 16.4. The first-order valence-corrected chi connectivity index (χ1v) is 6.47. The van der Waals surface area contributed by atoms with Crippen molar-refractivity contribution in [2.45, 2.75) is 13.5 Å². The minimum absolute atomic E-state index is 0.0783. The number of carbonyl (C=O) groups excluding carboxylic acids is 1. The van der Waals surface area contributed by atoms with Crippen molar-refractivity contribution in [3.63, 3.8) is 0 Å². The number of aromatic amines is 1. The molecule has 1 aliphatic heterocycles. The molecule has 0 spiro atoms. The van der Waals surface area contributed by atoms with Crippen LogP contribution in [-0.4, -0.2) is 65.2 Å². The number of rotatable bonds is 5. The van der Waals surface area contributed by atoms with E-state index < -0.39 is 0 Å². The smallest absolute Gasteiger partial charge is 0.234 e. The monoisotopic (exact) mass is 251 g/mol. The number of likely N-dealkylation sites (N-methyl/N-ethyl adjacent to an activating group) is 1. The minimum Gasteiger partial charge on any atom is -0.349 e. The summed E-state index contributed by atoms with van der Waals surface area (Å²) < 4.78 is 0. The summed E-state index contributed by atoms with van der Waals surface area (Å²) in [6.07, 6.45) is 1.69. The maximum Gasteiger partial charge on any atom is 0.234 e. The van der Waals surface area contributed by atoms with E-state index in [-0.39, 0.29) is 5.91 Å². The number of carbonyl (C=O) groups is 1. The quantitative estimate of drug-likeness (QED) is 0.752. The Morgan fingerprint density at radius 3 is 2.72 bits per heavy atom. The van der Waals surface area contributed by atoms with Gasteiger partial charge in [-0.15, -0.1) is 0 Å². The van der Waals surface area contributed by atoms with Crippen LogP contribution in [-0.2, 0) is 11.3 Å². The highest BCUT2D eigenvalue weighted by atomic mass is 16.2. The van der Waals surface area contributed by atoms with Crippen LogP contribution < -0.4 is 5.32 Å². The molecule has 1 fully saturated rings. The molecule has 1 saturated heterocycles. The van der Waals surface area contributed by atoms with Crippen molar-refractivity contribution >= 4 is 5.91 Å². The summed E-state index contributed by atoms with van der Waals surface area (Å²) in [6.45, 7) is 8.36. The predicted molar refractivity (Wildman–Crippen MR) is 69.0 cm³/mol. The molecule has 1 amide bonds. The number of piperazine rings is 1. The largest absolute Gasteiger partial charge is 0.349 e. The van der Waals surface area contributed by atoms with Gasteiger partial charge >= 0.3 is 0 Å². The van der Waals surface area contributed by atoms with E-state index in [0.717, 1.165) is 38.4 Å². The fourth-order valence-corrected chi connectivity index (χ4v) is 2.10. The van der Waals surface area contributed by atoms with E-state index in [2.05, 4.69) is 32.2 Å². The Morgan fingerprint density at radius 2 is 2.11 bits per heavy atom. The number of nitrogens with one attached hydrogen (secondary N) is 2. The van der Waals surface area contributed by atoms with Crippen LogP contribution in [0.2, 0.25) is 0 Å². The van der Waals surface area contributed by atoms with Crippen molar-refractivity contribution < 1.29 is 4.79 Å². The molecule has 0 bridgehead atoms. The molecule has 0 saturated carbocycles. The lowest BCUT2D eigenvalue weighted by molar-refractivity contribution is -0.122. The molecule has 2 heterocycles. The van der Waals surface area contributed by atoms with Gasteiger partial charge < -0.3 is 10.2 Å². The van der Waals surface area contributed by atoms with E-state index in [9.17, 15) is 4.79 Å². The van der Waals surface area contributed by atoms with Gasteiger partial charge in [-0.25, -0.2) is 0 Å². The zero-order valence-electron chi connectivity index (χ0n) is 10.9. The Balaban J connectivity index is 1.65. The second kappa shape index (κ2) is 6.51. The normalized spacial score (nSPS) is 17.8. The Morgan fingerprint density at radius 1 is 1.39 bits per heavy atom. The zero-order valence-corrected chi connectivity index (χ0v) is 10.9. The standard InChI is InChI=1S/C12H21N5O/c1-2-16-5-7-17(8-6-16)10-12(18)13-9-11-3-4-14-15-11/h3-4H,2,5-10H2,1H3,(H,13,18)(H,14,15). The number of hydrogen-bond acceptors (Lipinski definition) is 4. The Kier molecular flexibility index (Phi) is 4.72. The lowest BCUT2D eigenvalue weighted by Gasteiger charge is -2.33. The molecule has 6 nitrogen and oxygen atoms in total. The number of hydrogen-bond donors (Lipinski definition) is 2. The van der Waals surface area contributed by atoms with E-state index in [1.807, 2.05) is 6.07 Å². The van der Waals surface area contributed by atoms with Crippen LogP contribution >= 0.6 is 0 Å². The molecule has 6 heteroatoms. The van der Waals surface area contributed by atoms with Gasteiger partial charge in [0.2, 0.25) is 5.91 Å². The highest BCUT2D eigenvalue weighted by Gasteiger charge is 2.17. The molecule has 18 heavy (non-hydrogen) atoms. The molecular formula is C12H21N5O. The van der Waals surface area contributed by atoms with Crippen molar-refractivity contribution in [3.8, 4) is 0 Å². The predicted octanol–water partition coefficient (Wildman–Crippen LogP) is -0.337. The number of nitrogens with zero attached hydrogens (tertiary/aromatic N) is 3. The summed E-state index contributed by atoms with van der Waals surface area (Å²) in [5.41, 5.74) is 0.930. The van der Waals surface area contributed by atoms with Crippen molar-refractivity contribution in [2.75, 3.05) is 39.3 Å². The average molecular weight is 251 g/mol. The van der Waals surface area contributed by atoms with Crippen molar-refractivity contribution in [2.24, 2.45) is 0 Å². The van der Waals surface area contributed by atoms with E-state index in [1.54, 1.807) is 6.20 Å². The van der Waals surface area contributed by atoms with Gasteiger partial charge in [0, 0.05) is 32.4 Å². The van der Waals surface area contributed by atoms with Gasteiger partial charge in [0.15, 0.2) is 0 Å². The molecule has 1 aliphatic rings. The summed E-state index contributed by atoms with van der Waals surface area (Å²) in [5.74, 6) is 0.0783. The third-order valence-corrected chi connectivity index (χ3v) is 3.31. The van der Waals surface area contributed by atoms with Gasteiger partial charge in [-0.1, -0.05) is 6.92 Å². The van der Waals surface area contributed by atoms with E-state index in [0.29, 0.717) is 13.1 Å². The molecule has 0 aromatic carbocycles. The molecule has 0 unspecified atom stereocenters. The molecule has 1 aromatic heterocycles.